The van der Waals surface area contributed by atoms with E-state index in [2.05, 4.69) is 24.5 Å². The van der Waals surface area contributed by atoms with E-state index < -0.39 is 18.0 Å². The highest BCUT2D eigenvalue weighted by Gasteiger charge is 2.20. The van der Waals surface area contributed by atoms with Crippen molar-refractivity contribution in [1.29, 1.82) is 0 Å². The Morgan fingerprint density at radius 2 is 1.59 bits per heavy atom. The first-order valence-corrected chi connectivity index (χ1v) is 6.25. The molecular formula is C12H24N2O3. The predicted octanol–water partition coefficient (Wildman–Crippen LogP) is 1.97. The minimum Gasteiger partial charge on any atom is -0.480 e. The number of hydrogen-bond donors (Lipinski definition) is 3. The number of amides is 2. The maximum Gasteiger partial charge on any atom is 0.326 e. The van der Waals surface area contributed by atoms with Crippen molar-refractivity contribution in [2.24, 2.45) is 5.92 Å². The zero-order valence-electron chi connectivity index (χ0n) is 11.1. The highest BCUT2D eigenvalue weighted by Crippen LogP contribution is 2.12. The van der Waals surface area contributed by atoms with Crippen LogP contribution in [0.3, 0.4) is 0 Å². The highest BCUT2D eigenvalue weighted by molar-refractivity contribution is 5.82. The summed E-state index contributed by atoms with van der Waals surface area (Å²) in [6, 6.07) is -1.17. The Bertz CT molecular complexity index is 252. The van der Waals surface area contributed by atoms with Crippen molar-refractivity contribution in [3.8, 4) is 0 Å². The van der Waals surface area contributed by atoms with Gasteiger partial charge in [-0.25, -0.2) is 9.59 Å². The van der Waals surface area contributed by atoms with Crippen molar-refractivity contribution in [2.75, 3.05) is 0 Å². The second kappa shape index (κ2) is 7.92. The molecule has 100 valence electrons. The quantitative estimate of drug-likeness (QED) is 0.640. The molecule has 5 nitrogen and oxygen atoms in total. The standard InChI is InChI=1S/C12H24N2O3/c1-5-9(6-2)8(4)13-12(17)14-10(7-3)11(15)16/h8-10H,5-7H2,1-4H3,(H,15,16)(H2,13,14,17)/t8?,10-/m0/s1. The van der Waals surface area contributed by atoms with Gasteiger partial charge in [0.25, 0.3) is 0 Å². The fraction of sp³-hybridized carbons (Fsp3) is 0.833. The Kier molecular flexibility index (Phi) is 7.34. The highest BCUT2D eigenvalue weighted by atomic mass is 16.4. The molecule has 5 heteroatoms. The average molecular weight is 244 g/mol. The number of rotatable bonds is 7. The zero-order valence-corrected chi connectivity index (χ0v) is 11.1. The van der Waals surface area contributed by atoms with E-state index in [0.29, 0.717) is 12.3 Å². The summed E-state index contributed by atoms with van der Waals surface area (Å²) in [5.41, 5.74) is 0. The van der Waals surface area contributed by atoms with Crippen LogP contribution in [-0.4, -0.2) is 29.2 Å². The maximum absolute atomic E-state index is 11.6. The zero-order chi connectivity index (χ0) is 13.4. The van der Waals surface area contributed by atoms with Crippen molar-refractivity contribution >= 4 is 12.0 Å². The van der Waals surface area contributed by atoms with E-state index in [4.69, 9.17) is 5.11 Å². The van der Waals surface area contributed by atoms with Gasteiger partial charge >= 0.3 is 12.0 Å². The van der Waals surface area contributed by atoms with E-state index in [1.165, 1.54) is 0 Å². The first-order valence-electron chi connectivity index (χ1n) is 6.25. The Morgan fingerprint density at radius 3 is 1.94 bits per heavy atom. The largest absolute Gasteiger partial charge is 0.480 e. The molecule has 0 aromatic heterocycles. The molecule has 2 amide bonds. The smallest absolute Gasteiger partial charge is 0.326 e. The summed E-state index contributed by atoms with van der Waals surface area (Å²) in [6.45, 7) is 7.83. The van der Waals surface area contributed by atoms with Gasteiger partial charge in [-0.15, -0.1) is 0 Å². The van der Waals surface area contributed by atoms with Crippen LogP contribution < -0.4 is 10.6 Å². The van der Waals surface area contributed by atoms with Crippen LogP contribution in [0, 0.1) is 5.92 Å². The van der Waals surface area contributed by atoms with E-state index in [-0.39, 0.29) is 6.04 Å². The van der Waals surface area contributed by atoms with E-state index in [9.17, 15) is 9.59 Å². The topological polar surface area (TPSA) is 78.4 Å². The first-order chi connectivity index (χ1) is 7.96. The third-order valence-electron chi connectivity index (χ3n) is 3.13. The third kappa shape index (κ3) is 5.56. The van der Waals surface area contributed by atoms with Crippen molar-refractivity contribution in [1.82, 2.24) is 10.6 Å². The van der Waals surface area contributed by atoms with Gasteiger partial charge in [0, 0.05) is 6.04 Å². The number of carbonyl (C=O) groups is 2. The lowest BCUT2D eigenvalue weighted by Crippen LogP contribution is -2.49. The number of hydrogen-bond acceptors (Lipinski definition) is 2. The van der Waals surface area contributed by atoms with Gasteiger partial charge in [-0.1, -0.05) is 33.6 Å². The van der Waals surface area contributed by atoms with Crippen molar-refractivity contribution in [3.05, 3.63) is 0 Å². The molecule has 0 aromatic carbocycles. The molecule has 3 N–H and O–H groups in total. The first kappa shape index (κ1) is 15.7. The maximum atomic E-state index is 11.6. The Labute approximate surface area is 103 Å². The van der Waals surface area contributed by atoms with Gasteiger partial charge in [-0.05, 0) is 19.3 Å². The van der Waals surface area contributed by atoms with Crippen LogP contribution in [0.5, 0.6) is 0 Å². The van der Waals surface area contributed by atoms with Gasteiger partial charge in [0.2, 0.25) is 0 Å². The second-order valence-corrected chi connectivity index (χ2v) is 4.28. The molecule has 0 heterocycles. The van der Waals surface area contributed by atoms with Crippen molar-refractivity contribution in [2.45, 2.75) is 59.0 Å². The summed E-state index contributed by atoms with van der Waals surface area (Å²) in [7, 11) is 0. The molecule has 0 bridgehead atoms. The molecule has 0 saturated heterocycles. The number of nitrogens with one attached hydrogen (secondary N) is 2. The number of urea groups is 1. The summed E-state index contributed by atoms with van der Waals surface area (Å²) in [5.74, 6) is -0.580. The molecule has 2 atom stereocenters. The summed E-state index contributed by atoms with van der Waals surface area (Å²) in [4.78, 5) is 22.3. The van der Waals surface area contributed by atoms with E-state index >= 15 is 0 Å². The van der Waals surface area contributed by atoms with Gasteiger partial charge in [0.1, 0.15) is 6.04 Å². The fourth-order valence-corrected chi connectivity index (χ4v) is 1.86. The molecule has 1 unspecified atom stereocenters. The third-order valence-corrected chi connectivity index (χ3v) is 3.13. The van der Waals surface area contributed by atoms with Crippen LogP contribution in [0.4, 0.5) is 4.79 Å². The molecule has 0 aliphatic rings. The summed E-state index contributed by atoms with van der Waals surface area (Å²) >= 11 is 0. The Hall–Kier alpha value is -1.26. The molecule has 0 rings (SSSR count). The summed E-state index contributed by atoms with van der Waals surface area (Å²) in [6.07, 6.45) is 2.37. The van der Waals surface area contributed by atoms with Gasteiger partial charge < -0.3 is 15.7 Å². The molecule has 0 aliphatic carbocycles. The van der Waals surface area contributed by atoms with Crippen molar-refractivity contribution in [3.63, 3.8) is 0 Å². The second-order valence-electron chi connectivity index (χ2n) is 4.28. The molecule has 0 aliphatic heterocycles. The van der Waals surface area contributed by atoms with E-state index in [1.54, 1.807) is 6.92 Å². The van der Waals surface area contributed by atoms with Crippen LogP contribution in [0.2, 0.25) is 0 Å². The lowest BCUT2D eigenvalue weighted by Gasteiger charge is -2.23. The van der Waals surface area contributed by atoms with E-state index in [0.717, 1.165) is 12.8 Å². The Morgan fingerprint density at radius 1 is 1.06 bits per heavy atom. The summed E-state index contributed by atoms with van der Waals surface area (Å²) in [5, 5.41) is 14.1. The monoisotopic (exact) mass is 244 g/mol. The van der Waals surface area contributed by atoms with Crippen LogP contribution in [-0.2, 0) is 4.79 Å². The van der Waals surface area contributed by atoms with Gasteiger partial charge in [0.05, 0.1) is 0 Å². The van der Waals surface area contributed by atoms with Crippen molar-refractivity contribution < 1.29 is 14.7 Å². The van der Waals surface area contributed by atoms with Crippen LogP contribution in [0.25, 0.3) is 0 Å². The number of carbonyl (C=O) groups excluding carboxylic acids is 1. The predicted molar refractivity (Wildman–Crippen MR) is 66.9 cm³/mol. The Balaban J connectivity index is 4.21. The SMILES string of the molecule is CCC(CC)C(C)NC(=O)N[C@@H](CC)C(=O)O. The number of aliphatic carboxylic acids is 1. The van der Waals surface area contributed by atoms with Gasteiger partial charge in [0.15, 0.2) is 0 Å². The molecule has 17 heavy (non-hydrogen) atoms. The summed E-state index contributed by atoms with van der Waals surface area (Å²) < 4.78 is 0. The minimum atomic E-state index is -1.00. The lowest BCUT2D eigenvalue weighted by atomic mass is 9.96. The lowest BCUT2D eigenvalue weighted by molar-refractivity contribution is -0.139. The number of carboxylic acid groups (broad SMARTS) is 1. The average Bonchev–Trinajstić information content (AvgIpc) is 2.27. The molecule has 0 spiro atoms. The van der Waals surface area contributed by atoms with Crippen LogP contribution in [0.15, 0.2) is 0 Å². The molecule has 0 fully saturated rings. The van der Waals surface area contributed by atoms with Gasteiger partial charge in [-0.2, -0.15) is 0 Å². The fourth-order valence-electron chi connectivity index (χ4n) is 1.86. The van der Waals surface area contributed by atoms with Crippen LogP contribution >= 0.6 is 0 Å². The number of carboxylic acids is 1. The normalized spacial score (nSPS) is 14.2. The molecular weight excluding hydrogens is 220 g/mol. The minimum absolute atomic E-state index is 0.0521. The van der Waals surface area contributed by atoms with E-state index in [1.807, 2.05) is 6.92 Å². The van der Waals surface area contributed by atoms with Crippen LogP contribution in [0.1, 0.15) is 47.0 Å². The molecule has 0 saturated carbocycles. The van der Waals surface area contributed by atoms with Gasteiger partial charge in [-0.3, -0.25) is 0 Å². The molecule has 0 radical (unpaired) electrons. The molecule has 0 aromatic rings.